The molecule has 0 radical (unpaired) electrons. The van der Waals surface area contributed by atoms with Gasteiger partial charge in [-0.1, -0.05) is 6.08 Å². The van der Waals surface area contributed by atoms with Crippen LogP contribution in [0.2, 0.25) is 0 Å². The highest BCUT2D eigenvalue weighted by molar-refractivity contribution is 5.55. The van der Waals surface area contributed by atoms with Gasteiger partial charge in [0.05, 0.1) is 5.69 Å². The molecule has 2 heteroatoms. The first-order chi connectivity index (χ1) is 5.34. The predicted molar refractivity (Wildman–Crippen MR) is 43.2 cm³/mol. The molecular weight excluding hydrogens is 136 g/mol. The molecule has 0 amide bonds. The van der Waals surface area contributed by atoms with E-state index in [-0.39, 0.29) is 0 Å². The van der Waals surface area contributed by atoms with Crippen LogP contribution in [0.15, 0.2) is 6.08 Å². The van der Waals surface area contributed by atoms with Crippen molar-refractivity contribution in [2.24, 2.45) is 5.92 Å². The minimum Gasteiger partial charge on any atom is -0.345 e. The fourth-order valence-electron chi connectivity index (χ4n) is 1.91. The molecule has 56 valence electrons. The van der Waals surface area contributed by atoms with Crippen molar-refractivity contribution in [1.82, 2.24) is 9.97 Å². The Labute approximate surface area is 65.3 Å². The monoisotopic (exact) mass is 146 g/mol. The molecule has 1 N–H and O–H groups in total. The minimum absolute atomic E-state index is 0.774. The lowest BCUT2D eigenvalue weighted by Gasteiger charge is -1.99. The van der Waals surface area contributed by atoms with Crippen LogP contribution < -0.4 is 0 Å². The molecule has 11 heavy (non-hydrogen) atoms. The van der Waals surface area contributed by atoms with Crippen molar-refractivity contribution in [1.29, 1.82) is 0 Å². The maximum absolute atomic E-state index is 4.39. The Bertz CT molecular complexity index is 335. The van der Waals surface area contributed by atoms with Gasteiger partial charge in [0.1, 0.15) is 5.82 Å². The van der Waals surface area contributed by atoms with Gasteiger partial charge in [-0.2, -0.15) is 0 Å². The second kappa shape index (κ2) is 1.58. The largest absolute Gasteiger partial charge is 0.345 e. The number of aromatic amines is 1. The Kier molecular flexibility index (Phi) is 0.799. The molecule has 0 bridgehead atoms. The summed E-state index contributed by atoms with van der Waals surface area (Å²) in [5.74, 6) is 2.64. The normalized spacial score (nSPS) is 31.4. The van der Waals surface area contributed by atoms with E-state index in [4.69, 9.17) is 0 Å². The van der Waals surface area contributed by atoms with E-state index in [2.05, 4.69) is 22.1 Å². The van der Waals surface area contributed by atoms with Gasteiger partial charge in [0.25, 0.3) is 0 Å². The van der Waals surface area contributed by atoms with Crippen LogP contribution in [-0.2, 0) is 0 Å². The van der Waals surface area contributed by atoms with Crippen molar-refractivity contribution >= 4 is 6.08 Å². The summed E-state index contributed by atoms with van der Waals surface area (Å²) in [4.78, 5) is 7.71. The average Bonchev–Trinajstić information content (AvgIpc) is 2.67. The molecule has 1 saturated carbocycles. The summed E-state index contributed by atoms with van der Waals surface area (Å²) in [5.41, 5.74) is 2.54. The van der Waals surface area contributed by atoms with Crippen molar-refractivity contribution in [2.75, 3.05) is 0 Å². The lowest BCUT2D eigenvalue weighted by atomic mass is 10.1. The molecule has 0 aliphatic heterocycles. The molecule has 3 rings (SSSR count). The molecule has 2 atom stereocenters. The molecule has 2 aliphatic carbocycles. The third-order valence-corrected chi connectivity index (χ3v) is 2.59. The Morgan fingerprint density at radius 3 is 3.45 bits per heavy atom. The second-order valence-electron chi connectivity index (χ2n) is 3.49. The molecule has 2 aliphatic rings. The van der Waals surface area contributed by atoms with Crippen LogP contribution >= 0.6 is 0 Å². The van der Waals surface area contributed by atoms with Crippen LogP contribution in [0.25, 0.3) is 6.08 Å². The fraction of sp³-hybridized carbons (Fsp3) is 0.444. The van der Waals surface area contributed by atoms with Crippen LogP contribution in [0.4, 0.5) is 0 Å². The lowest BCUT2D eigenvalue weighted by Crippen LogP contribution is -1.90. The van der Waals surface area contributed by atoms with E-state index in [1.54, 1.807) is 0 Å². The number of nitrogens with one attached hydrogen (secondary N) is 1. The lowest BCUT2D eigenvalue weighted by molar-refractivity contribution is 0.949. The number of H-pyrrole nitrogens is 1. The maximum atomic E-state index is 4.39. The number of imidazole rings is 1. The Hall–Kier alpha value is -1.05. The summed E-state index contributed by atoms with van der Waals surface area (Å²) < 4.78 is 0. The number of allylic oxidation sites excluding steroid dienone is 1. The standard InChI is InChI=1S/C9H10N2/c1-5-10-8-3-2-6-4-7(6)9(8)11-5/h2-3,6-7H,4H2,1H3,(H,10,11). The average molecular weight is 146 g/mol. The zero-order valence-electron chi connectivity index (χ0n) is 6.46. The molecule has 0 aromatic carbocycles. The maximum Gasteiger partial charge on any atom is 0.103 e. The van der Waals surface area contributed by atoms with Crippen molar-refractivity contribution in [3.63, 3.8) is 0 Å². The highest BCUT2D eigenvalue weighted by Crippen LogP contribution is 2.51. The zero-order valence-corrected chi connectivity index (χ0v) is 6.46. The molecule has 0 spiro atoms. The third-order valence-electron chi connectivity index (χ3n) is 2.59. The third kappa shape index (κ3) is 0.642. The first-order valence-corrected chi connectivity index (χ1v) is 4.09. The van der Waals surface area contributed by atoms with Crippen LogP contribution in [0.1, 0.15) is 29.6 Å². The Morgan fingerprint density at radius 2 is 2.55 bits per heavy atom. The molecule has 2 nitrogen and oxygen atoms in total. The van der Waals surface area contributed by atoms with E-state index < -0.39 is 0 Å². The first-order valence-electron chi connectivity index (χ1n) is 4.09. The van der Waals surface area contributed by atoms with Gasteiger partial charge in [0.15, 0.2) is 0 Å². The van der Waals surface area contributed by atoms with Gasteiger partial charge in [-0.05, 0) is 25.3 Å². The topological polar surface area (TPSA) is 28.7 Å². The van der Waals surface area contributed by atoms with Gasteiger partial charge in [-0.15, -0.1) is 0 Å². The molecule has 2 unspecified atom stereocenters. The van der Waals surface area contributed by atoms with E-state index in [9.17, 15) is 0 Å². The first kappa shape index (κ1) is 5.58. The number of aryl methyl sites for hydroxylation is 1. The zero-order chi connectivity index (χ0) is 7.42. The highest BCUT2D eigenvalue weighted by Gasteiger charge is 2.41. The number of hydrogen-bond acceptors (Lipinski definition) is 1. The van der Waals surface area contributed by atoms with Crippen molar-refractivity contribution in [2.45, 2.75) is 19.3 Å². The molecular formula is C9H10N2. The SMILES string of the molecule is Cc1nc2c([nH]1)C1CC1C=C2. The Balaban J connectivity index is 2.23. The van der Waals surface area contributed by atoms with E-state index >= 15 is 0 Å². The highest BCUT2D eigenvalue weighted by atomic mass is 14.9. The van der Waals surface area contributed by atoms with Gasteiger partial charge >= 0.3 is 0 Å². The number of nitrogens with zero attached hydrogens (tertiary/aromatic N) is 1. The number of rotatable bonds is 0. The predicted octanol–water partition coefficient (Wildman–Crippen LogP) is 1.85. The summed E-state index contributed by atoms with van der Waals surface area (Å²) in [6.45, 7) is 2.02. The molecule has 1 heterocycles. The number of hydrogen-bond donors (Lipinski definition) is 1. The van der Waals surface area contributed by atoms with E-state index in [0.717, 1.165) is 17.7 Å². The van der Waals surface area contributed by atoms with Crippen molar-refractivity contribution in [3.8, 4) is 0 Å². The quantitative estimate of drug-likeness (QED) is 0.594. The van der Waals surface area contributed by atoms with Crippen LogP contribution in [0.5, 0.6) is 0 Å². The summed E-state index contributed by atoms with van der Waals surface area (Å²) in [5, 5.41) is 0. The van der Waals surface area contributed by atoms with Gasteiger partial charge in [0, 0.05) is 11.6 Å². The molecule has 1 fully saturated rings. The van der Waals surface area contributed by atoms with Gasteiger partial charge < -0.3 is 4.98 Å². The van der Waals surface area contributed by atoms with Gasteiger partial charge in [-0.3, -0.25) is 0 Å². The minimum atomic E-state index is 0.774. The van der Waals surface area contributed by atoms with Crippen LogP contribution in [0.3, 0.4) is 0 Å². The number of aromatic nitrogens is 2. The van der Waals surface area contributed by atoms with E-state index in [1.165, 1.54) is 17.8 Å². The summed E-state index contributed by atoms with van der Waals surface area (Å²) in [7, 11) is 0. The summed E-state index contributed by atoms with van der Waals surface area (Å²) in [6, 6.07) is 0. The van der Waals surface area contributed by atoms with Gasteiger partial charge in [0.2, 0.25) is 0 Å². The molecule has 1 aromatic rings. The van der Waals surface area contributed by atoms with Crippen LogP contribution in [-0.4, -0.2) is 9.97 Å². The fourth-order valence-corrected chi connectivity index (χ4v) is 1.91. The van der Waals surface area contributed by atoms with Crippen molar-refractivity contribution in [3.05, 3.63) is 23.3 Å². The summed E-state index contributed by atoms with van der Waals surface area (Å²) in [6.07, 6.45) is 5.76. The van der Waals surface area contributed by atoms with Crippen molar-refractivity contribution < 1.29 is 0 Å². The Morgan fingerprint density at radius 1 is 1.64 bits per heavy atom. The van der Waals surface area contributed by atoms with Gasteiger partial charge in [-0.25, -0.2) is 4.98 Å². The smallest absolute Gasteiger partial charge is 0.103 e. The second-order valence-corrected chi connectivity index (χ2v) is 3.49. The number of fused-ring (bicyclic) bond motifs is 3. The van der Waals surface area contributed by atoms with Crippen LogP contribution in [0, 0.1) is 12.8 Å². The molecule has 1 aromatic heterocycles. The van der Waals surface area contributed by atoms with E-state index in [0.29, 0.717) is 0 Å². The summed E-state index contributed by atoms with van der Waals surface area (Å²) >= 11 is 0. The molecule has 0 saturated heterocycles. The van der Waals surface area contributed by atoms with E-state index in [1.807, 2.05) is 6.92 Å².